The van der Waals surface area contributed by atoms with Gasteiger partial charge in [-0.25, -0.2) is 4.98 Å². The van der Waals surface area contributed by atoms with Gasteiger partial charge in [0.25, 0.3) is 0 Å². The van der Waals surface area contributed by atoms with Crippen molar-refractivity contribution in [2.45, 2.75) is 12.6 Å². The van der Waals surface area contributed by atoms with E-state index in [1.165, 1.54) is 11.1 Å². The lowest BCUT2D eigenvalue weighted by Crippen LogP contribution is -2.17. The molecule has 0 amide bonds. The molecule has 4 heteroatoms. The Morgan fingerprint density at radius 2 is 2.35 bits per heavy atom. The van der Waals surface area contributed by atoms with Crippen LogP contribution in [0.15, 0.2) is 35.8 Å². The molecule has 0 aliphatic carbocycles. The van der Waals surface area contributed by atoms with E-state index in [4.69, 9.17) is 4.74 Å². The first-order valence-corrected chi connectivity index (χ1v) is 6.37. The number of ether oxygens (including phenoxy) is 1. The van der Waals surface area contributed by atoms with E-state index in [9.17, 15) is 0 Å². The van der Waals surface area contributed by atoms with E-state index in [0.717, 1.165) is 5.01 Å². The van der Waals surface area contributed by atoms with Gasteiger partial charge < -0.3 is 10.1 Å². The Kier molecular flexibility index (Phi) is 4.25. The number of hydrogen-bond donors (Lipinski definition) is 1. The first-order chi connectivity index (χ1) is 8.35. The molecule has 3 nitrogen and oxygen atoms in total. The Balaban J connectivity index is 2.28. The predicted octanol–water partition coefficient (Wildman–Crippen LogP) is 2.60. The second-order valence-corrected chi connectivity index (χ2v) is 4.70. The minimum absolute atomic E-state index is 0.159. The van der Waals surface area contributed by atoms with Gasteiger partial charge in [0.05, 0.1) is 12.6 Å². The standard InChI is InChI=1S/C13H16N2OS/c1-14-12(13-15-6-7-17-13)11-5-3-4-10(8-11)9-16-2/h3-8,12,14H,9H2,1-2H3. The van der Waals surface area contributed by atoms with Crippen LogP contribution in [0, 0.1) is 0 Å². The molecule has 2 aromatic rings. The number of nitrogens with one attached hydrogen (secondary N) is 1. The summed E-state index contributed by atoms with van der Waals surface area (Å²) in [5.41, 5.74) is 2.40. The molecule has 17 heavy (non-hydrogen) atoms. The Labute approximate surface area is 105 Å². The van der Waals surface area contributed by atoms with E-state index in [1.54, 1.807) is 18.4 Å². The molecular formula is C13H16N2OS. The Morgan fingerprint density at radius 1 is 1.47 bits per heavy atom. The van der Waals surface area contributed by atoms with Gasteiger partial charge in [-0.15, -0.1) is 11.3 Å². The summed E-state index contributed by atoms with van der Waals surface area (Å²) in [6.45, 7) is 0.641. The van der Waals surface area contributed by atoms with Crippen molar-refractivity contribution in [1.29, 1.82) is 0 Å². The van der Waals surface area contributed by atoms with Crippen LogP contribution in [0.4, 0.5) is 0 Å². The van der Waals surface area contributed by atoms with E-state index in [1.807, 2.05) is 18.6 Å². The average Bonchev–Trinajstić information content (AvgIpc) is 2.85. The maximum atomic E-state index is 5.15. The molecule has 0 aliphatic heterocycles. The van der Waals surface area contributed by atoms with E-state index < -0.39 is 0 Å². The van der Waals surface area contributed by atoms with Crippen molar-refractivity contribution < 1.29 is 4.74 Å². The van der Waals surface area contributed by atoms with Gasteiger partial charge in [-0.2, -0.15) is 0 Å². The van der Waals surface area contributed by atoms with Crippen LogP contribution >= 0.6 is 11.3 Å². The molecule has 0 radical (unpaired) electrons. The van der Waals surface area contributed by atoms with Gasteiger partial charge in [-0.05, 0) is 18.2 Å². The first-order valence-electron chi connectivity index (χ1n) is 5.49. The van der Waals surface area contributed by atoms with Crippen molar-refractivity contribution in [1.82, 2.24) is 10.3 Å². The van der Waals surface area contributed by atoms with Crippen LogP contribution < -0.4 is 5.32 Å². The van der Waals surface area contributed by atoms with Crippen molar-refractivity contribution in [3.63, 3.8) is 0 Å². The summed E-state index contributed by atoms with van der Waals surface area (Å²) in [5, 5.41) is 6.38. The van der Waals surface area contributed by atoms with Crippen LogP contribution in [-0.2, 0) is 11.3 Å². The molecule has 1 heterocycles. The minimum atomic E-state index is 0.159. The van der Waals surface area contributed by atoms with Crippen molar-refractivity contribution in [2.75, 3.05) is 14.2 Å². The number of methoxy groups -OCH3 is 1. The van der Waals surface area contributed by atoms with E-state index in [-0.39, 0.29) is 6.04 Å². The number of nitrogens with zero attached hydrogens (tertiary/aromatic N) is 1. The Bertz CT molecular complexity index is 456. The molecule has 90 valence electrons. The lowest BCUT2D eigenvalue weighted by molar-refractivity contribution is 0.185. The summed E-state index contributed by atoms with van der Waals surface area (Å²) in [6, 6.07) is 8.56. The van der Waals surface area contributed by atoms with Gasteiger partial charge in [-0.3, -0.25) is 0 Å². The lowest BCUT2D eigenvalue weighted by Gasteiger charge is -2.14. The molecule has 1 N–H and O–H groups in total. The molecule has 1 unspecified atom stereocenters. The van der Waals surface area contributed by atoms with E-state index in [2.05, 4.69) is 34.6 Å². The molecule has 1 aromatic carbocycles. The highest BCUT2D eigenvalue weighted by molar-refractivity contribution is 7.09. The maximum absolute atomic E-state index is 5.15. The number of rotatable bonds is 5. The first kappa shape index (κ1) is 12.2. The predicted molar refractivity (Wildman–Crippen MR) is 70.2 cm³/mol. The number of hydrogen-bond acceptors (Lipinski definition) is 4. The van der Waals surface area contributed by atoms with Crippen LogP contribution in [0.3, 0.4) is 0 Å². The Morgan fingerprint density at radius 3 is 3.00 bits per heavy atom. The largest absolute Gasteiger partial charge is 0.380 e. The third-order valence-electron chi connectivity index (χ3n) is 2.58. The van der Waals surface area contributed by atoms with E-state index in [0.29, 0.717) is 6.61 Å². The van der Waals surface area contributed by atoms with Crippen LogP contribution in [0.25, 0.3) is 0 Å². The van der Waals surface area contributed by atoms with Crippen LogP contribution in [0.2, 0.25) is 0 Å². The topological polar surface area (TPSA) is 34.1 Å². The SMILES string of the molecule is CNC(c1cccc(COC)c1)c1nccs1. The summed E-state index contributed by atoms with van der Waals surface area (Å²) in [7, 11) is 3.66. The molecule has 1 atom stereocenters. The van der Waals surface area contributed by atoms with Crippen LogP contribution in [0.1, 0.15) is 22.2 Å². The van der Waals surface area contributed by atoms with Crippen LogP contribution in [-0.4, -0.2) is 19.1 Å². The van der Waals surface area contributed by atoms with E-state index >= 15 is 0 Å². The second-order valence-electron chi connectivity index (χ2n) is 3.77. The Hall–Kier alpha value is -1.23. The number of benzene rings is 1. The molecule has 2 rings (SSSR count). The molecular weight excluding hydrogens is 232 g/mol. The number of thiazole rings is 1. The highest BCUT2D eigenvalue weighted by Crippen LogP contribution is 2.24. The summed E-state index contributed by atoms with van der Waals surface area (Å²) in [5.74, 6) is 0. The minimum Gasteiger partial charge on any atom is -0.380 e. The average molecular weight is 248 g/mol. The molecule has 0 saturated carbocycles. The molecule has 0 spiro atoms. The zero-order chi connectivity index (χ0) is 12.1. The third-order valence-corrected chi connectivity index (χ3v) is 3.42. The summed E-state index contributed by atoms with van der Waals surface area (Å²) < 4.78 is 5.15. The van der Waals surface area contributed by atoms with Crippen molar-refractivity contribution in [2.24, 2.45) is 0 Å². The zero-order valence-corrected chi connectivity index (χ0v) is 10.8. The highest BCUT2D eigenvalue weighted by atomic mass is 32.1. The fourth-order valence-corrected chi connectivity index (χ4v) is 2.61. The third kappa shape index (κ3) is 2.91. The van der Waals surface area contributed by atoms with Gasteiger partial charge in [0.2, 0.25) is 0 Å². The summed E-state index contributed by atoms with van der Waals surface area (Å²) in [6.07, 6.45) is 1.84. The zero-order valence-electron chi connectivity index (χ0n) is 10.0. The monoisotopic (exact) mass is 248 g/mol. The van der Waals surface area contributed by atoms with Crippen molar-refractivity contribution in [3.05, 3.63) is 52.0 Å². The van der Waals surface area contributed by atoms with Gasteiger partial charge >= 0.3 is 0 Å². The molecule has 0 aliphatic rings. The fraction of sp³-hybridized carbons (Fsp3) is 0.308. The molecule has 0 saturated heterocycles. The maximum Gasteiger partial charge on any atom is 0.114 e. The summed E-state index contributed by atoms with van der Waals surface area (Å²) >= 11 is 1.66. The van der Waals surface area contributed by atoms with Gasteiger partial charge in [-0.1, -0.05) is 24.3 Å². The van der Waals surface area contributed by atoms with Crippen molar-refractivity contribution >= 4 is 11.3 Å². The second kappa shape index (κ2) is 5.91. The smallest absolute Gasteiger partial charge is 0.114 e. The quantitative estimate of drug-likeness (QED) is 0.883. The molecule has 0 fully saturated rings. The normalized spacial score (nSPS) is 12.6. The fourth-order valence-electron chi connectivity index (χ4n) is 1.84. The van der Waals surface area contributed by atoms with Crippen LogP contribution in [0.5, 0.6) is 0 Å². The molecule has 1 aromatic heterocycles. The lowest BCUT2D eigenvalue weighted by atomic mass is 10.0. The highest BCUT2D eigenvalue weighted by Gasteiger charge is 2.14. The van der Waals surface area contributed by atoms with Gasteiger partial charge in [0.15, 0.2) is 0 Å². The van der Waals surface area contributed by atoms with Gasteiger partial charge in [0, 0.05) is 18.7 Å². The van der Waals surface area contributed by atoms with Crippen molar-refractivity contribution in [3.8, 4) is 0 Å². The van der Waals surface area contributed by atoms with Gasteiger partial charge in [0.1, 0.15) is 5.01 Å². The number of aromatic nitrogens is 1. The molecule has 0 bridgehead atoms. The summed E-state index contributed by atoms with van der Waals surface area (Å²) in [4.78, 5) is 4.36.